The lowest BCUT2D eigenvalue weighted by atomic mass is 10.3. The molecule has 0 aromatic carbocycles. The third kappa shape index (κ3) is 5.01. The summed E-state index contributed by atoms with van der Waals surface area (Å²) in [5.74, 6) is 0.835. The number of likely N-dealkylation sites (tertiary alicyclic amines) is 1. The van der Waals surface area contributed by atoms with E-state index >= 15 is 0 Å². The number of guanidine groups is 1. The van der Waals surface area contributed by atoms with Gasteiger partial charge in [0.05, 0.1) is 6.61 Å². The molecule has 2 saturated heterocycles. The van der Waals surface area contributed by atoms with Gasteiger partial charge in [-0.15, -0.1) is 0 Å². The van der Waals surface area contributed by atoms with Gasteiger partial charge >= 0.3 is 6.09 Å². The Kier molecular flexibility index (Phi) is 7.14. The fourth-order valence-electron chi connectivity index (χ4n) is 2.95. The highest BCUT2D eigenvalue weighted by atomic mass is 16.6. The van der Waals surface area contributed by atoms with E-state index in [1.165, 1.54) is 0 Å². The van der Waals surface area contributed by atoms with Crippen LogP contribution in [-0.4, -0.2) is 91.6 Å². The van der Waals surface area contributed by atoms with Crippen molar-refractivity contribution in [1.82, 2.24) is 20.0 Å². The fourth-order valence-corrected chi connectivity index (χ4v) is 2.95. The summed E-state index contributed by atoms with van der Waals surface area (Å²) >= 11 is 0. The second-order valence-corrected chi connectivity index (χ2v) is 5.93. The lowest BCUT2D eigenvalue weighted by Gasteiger charge is -2.35. The highest BCUT2D eigenvalue weighted by Gasteiger charge is 2.24. The van der Waals surface area contributed by atoms with Crippen molar-refractivity contribution >= 4 is 18.0 Å². The number of carbonyl (C=O) groups is 2. The normalized spacial score (nSPS) is 18.8. The zero-order chi connectivity index (χ0) is 17.4. The number of rotatable bonds is 4. The van der Waals surface area contributed by atoms with Crippen molar-refractivity contribution in [3.8, 4) is 0 Å². The molecule has 0 aromatic rings. The van der Waals surface area contributed by atoms with Gasteiger partial charge in [0.2, 0.25) is 5.91 Å². The van der Waals surface area contributed by atoms with E-state index in [2.05, 4.69) is 15.2 Å². The molecule has 2 aliphatic heterocycles. The molecule has 2 rings (SSSR count). The minimum atomic E-state index is -0.261. The van der Waals surface area contributed by atoms with Crippen molar-refractivity contribution in [3.63, 3.8) is 0 Å². The van der Waals surface area contributed by atoms with Gasteiger partial charge in [-0.1, -0.05) is 0 Å². The topological polar surface area (TPSA) is 77.5 Å². The van der Waals surface area contributed by atoms with E-state index in [0.29, 0.717) is 32.8 Å². The van der Waals surface area contributed by atoms with Gasteiger partial charge in [-0.3, -0.25) is 4.79 Å². The Labute approximate surface area is 143 Å². The Morgan fingerprint density at radius 2 is 1.58 bits per heavy atom. The van der Waals surface area contributed by atoms with Crippen LogP contribution < -0.4 is 5.32 Å². The Balaban J connectivity index is 1.87. The molecule has 2 heterocycles. The Hall–Kier alpha value is -1.99. The van der Waals surface area contributed by atoms with Crippen LogP contribution in [0.4, 0.5) is 4.79 Å². The largest absolute Gasteiger partial charge is 0.450 e. The molecule has 2 fully saturated rings. The number of piperazine rings is 1. The number of amides is 2. The Morgan fingerprint density at radius 1 is 0.958 bits per heavy atom. The van der Waals surface area contributed by atoms with Gasteiger partial charge in [-0.05, 0) is 26.7 Å². The molecule has 0 saturated carbocycles. The van der Waals surface area contributed by atoms with Crippen LogP contribution in [0.2, 0.25) is 0 Å². The van der Waals surface area contributed by atoms with Crippen molar-refractivity contribution in [1.29, 1.82) is 0 Å². The number of ether oxygens (including phenoxy) is 1. The van der Waals surface area contributed by atoms with Gasteiger partial charge in [-0.25, -0.2) is 9.79 Å². The van der Waals surface area contributed by atoms with Gasteiger partial charge in [0.15, 0.2) is 5.96 Å². The number of nitrogens with one attached hydrogen (secondary N) is 1. The van der Waals surface area contributed by atoms with Gasteiger partial charge in [0, 0.05) is 45.8 Å². The van der Waals surface area contributed by atoms with Gasteiger partial charge < -0.3 is 24.8 Å². The maximum absolute atomic E-state index is 12.2. The monoisotopic (exact) mass is 339 g/mol. The van der Waals surface area contributed by atoms with E-state index in [-0.39, 0.29) is 18.5 Å². The molecule has 2 amide bonds. The SMILES string of the molecule is CCNC(=NCC(=O)N1CCCC1)N1CCN(C(=O)OCC)CC1. The standard InChI is InChI=1S/C16H29N5O3/c1-3-17-15(18-13-14(22)19-7-5-6-8-19)20-9-11-21(12-10-20)16(23)24-4-2/h3-13H2,1-2H3,(H,17,18). The maximum atomic E-state index is 12.2. The lowest BCUT2D eigenvalue weighted by Crippen LogP contribution is -2.54. The van der Waals surface area contributed by atoms with Crippen molar-refractivity contribution in [2.24, 2.45) is 4.99 Å². The molecule has 8 nitrogen and oxygen atoms in total. The molecule has 0 unspecified atom stereocenters. The molecule has 24 heavy (non-hydrogen) atoms. The Bertz CT molecular complexity index is 455. The van der Waals surface area contributed by atoms with E-state index in [1.807, 2.05) is 18.7 Å². The number of hydrogen-bond acceptors (Lipinski definition) is 4. The maximum Gasteiger partial charge on any atom is 0.409 e. The summed E-state index contributed by atoms with van der Waals surface area (Å²) in [6, 6.07) is 0. The van der Waals surface area contributed by atoms with E-state index in [0.717, 1.165) is 38.4 Å². The number of hydrogen-bond donors (Lipinski definition) is 1. The summed E-state index contributed by atoms with van der Waals surface area (Å²) < 4.78 is 5.03. The minimum Gasteiger partial charge on any atom is -0.450 e. The van der Waals surface area contributed by atoms with Crippen LogP contribution in [0.25, 0.3) is 0 Å². The third-order valence-corrected chi connectivity index (χ3v) is 4.26. The summed E-state index contributed by atoms with van der Waals surface area (Å²) in [4.78, 5) is 34.1. The van der Waals surface area contributed by atoms with E-state index < -0.39 is 0 Å². The molecular formula is C16H29N5O3. The average molecular weight is 339 g/mol. The molecule has 0 radical (unpaired) electrons. The predicted molar refractivity (Wildman–Crippen MR) is 92.0 cm³/mol. The van der Waals surface area contributed by atoms with E-state index in [9.17, 15) is 9.59 Å². The minimum absolute atomic E-state index is 0.0908. The summed E-state index contributed by atoms with van der Waals surface area (Å²) in [5.41, 5.74) is 0. The molecule has 0 aliphatic carbocycles. The molecule has 0 aromatic heterocycles. The van der Waals surface area contributed by atoms with Crippen molar-refractivity contribution < 1.29 is 14.3 Å². The van der Waals surface area contributed by atoms with E-state index in [4.69, 9.17) is 4.74 Å². The highest BCUT2D eigenvalue weighted by Crippen LogP contribution is 2.08. The first-order valence-electron chi connectivity index (χ1n) is 8.88. The second kappa shape index (κ2) is 9.34. The predicted octanol–water partition coefficient (Wildman–Crippen LogP) is 0.348. The third-order valence-electron chi connectivity index (χ3n) is 4.26. The molecule has 136 valence electrons. The van der Waals surface area contributed by atoms with Crippen LogP contribution in [0.15, 0.2) is 4.99 Å². The smallest absolute Gasteiger partial charge is 0.409 e. The van der Waals surface area contributed by atoms with Crippen LogP contribution >= 0.6 is 0 Å². The van der Waals surface area contributed by atoms with Crippen molar-refractivity contribution in [2.75, 3.05) is 59.0 Å². The second-order valence-electron chi connectivity index (χ2n) is 5.93. The molecule has 0 spiro atoms. The quantitative estimate of drug-likeness (QED) is 0.591. The molecule has 0 bridgehead atoms. The Morgan fingerprint density at radius 3 is 2.17 bits per heavy atom. The first-order chi connectivity index (χ1) is 11.7. The molecule has 8 heteroatoms. The fraction of sp³-hybridized carbons (Fsp3) is 0.812. The van der Waals surface area contributed by atoms with Crippen LogP contribution in [0, 0.1) is 0 Å². The van der Waals surface area contributed by atoms with Gasteiger partial charge in [0.1, 0.15) is 6.54 Å². The number of carbonyl (C=O) groups excluding carboxylic acids is 2. The van der Waals surface area contributed by atoms with Crippen LogP contribution in [-0.2, 0) is 9.53 Å². The summed E-state index contributed by atoms with van der Waals surface area (Å²) in [5, 5.41) is 3.24. The van der Waals surface area contributed by atoms with Gasteiger partial charge in [0.25, 0.3) is 0 Å². The van der Waals surface area contributed by atoms with Crippen LogP contribution in [0.3, 0.4) is 0 Å². The summed E-state index contributed by atoms with van der Waals surface area (Å²) in [6.07, 6.45) is 1.92. The number of nitrogens with zero attached hydrogens (tertiary/aromatic N) is 4. The summed E-state index contributed by atoms with van der Waals surface area (Å²) in [7, 11) is 0. The van der Waals surface area contributed by atoms with Crippen LogP contribution in [0.5, 0.6) is 0 Å². The molecular weight excluding hydrogens is 310 g/mol. The van der Waals surface area contributed by atoms with Crippen LogP contribution in [0.1, 0.15) is 26.7 Å². The first-order valence-corrected chi connectivity index (χ1v) is 8.88. The first kappa shape index (κ1) is 18.4. The molecule has 2 aliphatic rings. The molecule has 1 N–H and O–H groups in total. The molecule has 0 atom stereocenters. The zero-order valence-corrected chi connectivity index (χ0v) is 14.8. The van der Waals surface area contributed by atoms with Gasteiger partial charge in [-0.2, -0.15) is 0 Å². The van der Waals surface area contributed by atoms with Crippen molar-refractivity contribution in [3.05, 3.63) is 0 Å². The number of aliphatic imine (C=N–C) groups is 1. The highest BCUT2D eigenvalue weighted by molar-refractivity contribution is 5.85. The lowest BCUT2D eigenvalue weighted by molar-refractivity contribution is -0.128. The summed E-state index contributed by atoms with van der Waals surface area (Å²) in [6.45, 7) is 9.40. The zero-order valence-electron chi connectivity index (χ0n) is 14.8. The van der Waals surface area contributed by atoms with E-state index in [1.54, 1.807) is 4.90 Å². The van der Waals surface area contributed by atoms with Crippen molar-refractivity contribution in [2.45, 2.75) is 26.7 Å². The average Bonchev–Trinajstić information content (AvgIpc) is 3.13.